The number of nitrogens with one attached hydrogen (secondary N) is 2. The zero-order valence-electron chi connectivity index (χ0n) is 8.73. The van der Waals surface area contributed by atoms with Crippen LogP contribution in [0.1, 0.15) is 19.3 Å². The Morgan fingerprint density at radius 2 is 2.00 bits per heavy atom. The topological polar surface area (TPSA) is 61.4 Å². The van der Waals surface area contributed by atoms with Crippen LogP contribution < -0.4 is 10.6 Å². The van der Waals surface area contributed by atoms with Crippen LogP contribution in [0.4, 0.5) is 13.2 Å². The van der Waals surface area contributed by atoms with E-state index in [-0.39, 0.29) is 13.2 Å². The molecule has 0 aromatic rings. The van der Waals surface area contributed by atoms with Crippen LogP contribution in [-0.4, -0.2) is 42.4 Å². The number of halogens is 3. The Morgan fingerprint density at radius 1 is 1.38 bits per heavy atom. The number of alkyl halides is 3. The van der Waals surface area contributed by atoms with Crippen molar-refractivity contribution in [1.82, 2.24) is 10.6 Å². The lowest BCUT2D eigenvalue weighted by atomic mass is 9.77. The first-order valence-corrected chi connectivity index (χ1v) is 5.06. The molecule has 0 spiro atoms. The van der Waals surface area contributed by atoms with Crippen molar-refractivity contribution in [2.75, 3.05) is 19.7 Å². The minimum Gasteiger partial charge on any atom is -0.394 e. The Balaban J connectivity index is 2.21. The molecule has 0 unspecified atom stereocenters. The lowest BCUT2D eigenvalue weighted by Gasteiger charge is -2.41. The van der Waals surface area contributed by atoms with Crippen LogP contribution in [0.15, 0.2) is 0 Å². The average Bonchev–Trinajstić information content (AvgIpc) is 2.09. The summed E-state index contributed by atoms with van der Waals surface area (Å²) < 4.78 is 35.3. The molecule has 1 aliphatic carbocycles. The van der Waals surface area contributed by atoms with E-state index in [0.29, 0.717) is 12.8 Å². The predicted molar refractivity (Wildman–Crippen MR) is 50.7 cm³/mol. The van der Waals surface area contributed by atoms with Gasteiger partial charge in [0.15, 0.2) is 0 Å². The molecule has 0 aromatic heterocycles. The van der Waals surface area contributed by atoms with E-state index in [2.05, 4.69) is 5.32 Å². The van der Waals surface area contributed by atoms with E-state index < -0.39 is 24.2 Å². The van der Waals surface area contributed by atoms with Crippen LogP contribution >= 0.6 is 0 Å². The number of carbonyl (C=O) groups excluding carboxylic acids is 1. The lowest BCUT2D eigenvalue weighted by Crippen LogP contribution is -2.57. The first-order valence-electron chi connectivity index (χ1n) is 5.06. The van der Waals surface area contributed by atoms with Gasteiger partial charge in [0.05, 0.1) is 25.2 Å². The van der Waals surface area contributed by atoms with Crippen molar-refractivity contribution in [1.29, 1.82) is 0 Å². The van der Waals surface area contributed by atoms with Gasteiger partial charge in [0, 0.05) is 0 Å². The van der Waals surface area contributed by atoms with Gasteiger partial charge in [-0.2, -0.15) is 13.2 Å². The maximum atomic E-state index is 11.8. The van der Waals surface area contributed by atoms with Crippen LogP contribution in [0.25, 0.3) is 0 Å². The van der Waals surface area contributed by atoms with Crippen LogP contribution in [0.3, 0.4) is 0 Å². The Kier molecular flexibility index (Phi) is 4.15. The highest BCUT2D eigenvalue weighted by Crippen LogP contribution is 2.30. The highest BCUT2D eigenvalue weighted by atomic mass is 19.4. The highest BCUT2D eigenvalue weighted by Gasteiger charge is 2.37. The molecule has 94 valence electrons. The molecule has 0 aromatic carbocycles. The summed E-state index contributed by atoms with van der Waals surface area (Å²) in [5, 5.41) is 13.6. The Hall–Kier alpha value is -0.820. The van der Waals surface area contributed by atoms with Gasteiger partial charge in [-0.25, -0.2) is 0 Å². The van der Waals surface area contributed by atoms with Crippen LogP contribution in [0.2, 0.25) is 0 Å². The summed E-state index contributed by atoms with van der Waals surface area (Å²) in [4.78, 5) is 11.2. The number of rotatable bonds is 5. The Bertz CT molecular complexity index is 246. The second-order valence-electron chi connectivity index (χ2n) is 4.06. The van der Waals surface area contributed by atoms with Gasteiger partial charge in [-0.05, 0) is 19.3 Å². The molecule has 1 saturated carbocycles. The highest BCUT2D eigenvalue weighted by molar-refractivity contribution is 5.79. The summed E-state index contributed by atoms with van der Waals surface area (Å²) in [5.41, 5.74) is -0.600. The molecule has 0 bridgehead atoms. The Labute approximate surface area is 91.2 Å². The molecular weight excluding hydrogens is 225 g/mol. The second kappa shape index (κ2) is 5.01. The largest absolute Gasteiger partial charge is 0.401 e. The van der Waals surface area contributed by atoms with Gasteiger partial charge in [-0.1, -0.05) is 0 Å². The second-order valence-corrected chi connectivity index (χ2v) is 4.06. The smallest absolute Gasteiger partial charge is 0.394 e. The molecule has 1 aliphatic rings. The number of aliphatic hydroxyl groups excluding tert-OH is 1. The summed E-state index contributed by atoms with van der Waals surface area (Å²) >= 11 is 0. The number of aliphatic hydroxyl groups is 1. The summed E-state index contributed by atoms with van der Waals surface area (Å²) in [7, 11) is 0. The van der Waals surface area contributed by atoms with Gasteiger partial charge < -0.3 is 15.7 Å². The number of hydrogen-bond donors (Lipinski definition) is 3. The summed E-state index contributed by atoms with van der Waals surface area (Å²) in [6.45, 7) is -1.74. The van der Waals surface area contributed by atoms with E-state index in [0.717, 1.165) is 6.42 Å². The van der Waals surface area contributed by atoms with Gasteiger partial charge in [-0.15, -0.1) is 0 Å². The van der Waals surface area contributed by atoms with Crippen LogP contribution in [-0.2, 0) is 4.79 Å². The SMILES string of the molecule is O=C(CNCC(F)(F)F)NC1(CO)CCC1. The predicted octanol–water partition coefficient (Wildman–Crippen LogP) is 0.169. The molecule has 0 saturated heterocycles. The van der Waals surface area contributed by atoms with Crippen molar-refractivity contribution >= 4 is 5.91 Å². The van der Waals surface area contributed by atoms with Crippen LogP contribution in [0.5, 0.6) is 0 Å². The standard InChI is InChI=1S/C9H15F3N2O2/c10-9(11,12)5-13-4-7(16)14-8(6-15)2-1-3-8/h13,15H,1-6H2,(H,14,16). The third-order valence-electron chi connectivity index (χ3n) is 2.63. The third-order valence-corrected chi connectivity index (χ3v) is 2.63. The fraction of sp³-hybridized carbons (Fsp3) is 0.889. The van der Waals surface area contributed by atoms with Crippen molar-refractivity contribution < 1.29 is 23.1 Å². The van der Waals surface area contributed by atoms with E-state index in [1.807, 2.05) is 5.32 Å². The summed E-state index contributed by atoms with van der Waals surface area (Å²) in [5.74, 6) is -0.516. The van der Waals surface area contributed by atoms with E-state index in [4.69, 9.17) is 5.11 Å². The monoisotopic (exact) mass is 240 g/mol. The minimum atomic E-state index is -4.31. The molecule has 0 heterocycles. The van der Waals surface area contributed by atoms with Gasteiger partial charge in [-0.3, -0.25) is 4.79 Å². The maximum Gasteiger partial charge on any atom is 0.401 e. The minimum absolute atomic E-state index is 0.169. The average molecular weight is 240 g/mol. The summed E-state index contributed by atoms with van der Waals surface area (Å²) in [6, 6.07) is 0. The fourth-order valence-corrected chi connectivity index (χ4v) is 1.58. The molecule has 0 atom stereocenters. The number of carbonyl (C=O) groups is 1. The van der Waals surface area contributed by atoms with Gasteiger partial charge in [0.1, 0.15) is 0 Å². The molecule has 1 fully saturated rings. The molecule has 1 rings (SSSR count). The zero-order chi connectivity index (χ0) is 12.2. The van der Waals surface area contributed by atoms with Gasteiger partial charge in [0.25, 0.3) is 0 Å². The van der Waals surface area contributed by atoms with E-state index in [9.17, 15) is 18.0 Å². The van der Waals surface area contributed by atoms with Crippen molar-refractivity contribution in [2.24, 2.45) is 0 Å². The number of amides is 1. The van der Waals surface area contributed by atoms with Crippen LogP contribution in [0, 0.1) is 0 Å². The molecular formula is C9H15F3N2O2. The van der Waals surface area contributed by atoms with E-state index >= 15 is 0 Å². The summed E-state index contributed by atoms with van der Waals surface area (Å²) in [6.07, 6.45) is -2.05. The van der Waals surface area contributed by atoms with Gasteiger partial charge >= 0.3 is 6.18 Å². The van der Waals surface area contributed by atoms with Crippen molar-refractivity contribution in [3.05, 3.63) is 0 Å². The quantitative estimate of drug-likeness (QED) is 0.642. The number of hydrogen-bond acceptors (Lipinski definition) is 3. The molecule has 4 nitrogen and oxygen atoms in total. The van der Waals surface area contributed by atoms with Crippen molar-refractivity contribution in [3.8, 4) is 0 Å². The van der Waals surface area contributed by atoms with Gasteiger partial charge in [0.2, 0.25) is 5.91 Å². The first kappa shape index (κ1) is 13.2. The first-order chi connectivity index (χ1) is 7.37. The molecule has 0 aliphatic heterocycles. The molecule has 3 N–H and O–H groups in total. The third kappa shape index (κ3) is 3.97. The van der Waals surface area contributed by atoms with E-state index in [1.165, 1.54) is 0 Å². The van der Waals surface area contributed by atoms with Crippen molar-refractivity contribution in [3.63, 3.8) is 0 Å². The molecule has 1 amide bonds. The molecule has 7 heteroatoms. The molecule has 16 heavy (non-hydrogen) atoms. The Morgan fingerprint density at radius 3 is 2.38 bits per heavy atom. The normalized spacial score (nSPS) is 19.0. The fourth-order valence-electron chi connectivity index (χ4n) is 1.58. The molecule has 0 radical (unpaired) electrons. The van der Waals surface area contributed by atoms with E-state index in [1.54, 1.807) is 0 Å². The lowest BCUT2D eigenvalue weighted by molar-refractivity contribution is -0.130. The maximum absolute atomic E-state index is 11.8. The zero-order valence-corrected chi connectivity index (χ0v) is 8.73. The van der Waals surface area contributed by atoms with Crippen molar-refractivity contribution in [2.45, 2.75) is 31.0 Å².